The van der Waals surface area contributed by atoms with Crippen molar-refractivity contribution in [1.82, 2.24) is 9.55 Å². The van der Waals surface area contributed by atoms with Crippen molar-refractivity contribution in [2.45, 2.75) is 38.8 Å². The number of benzene rings is 2. The zero-order chi connectivity index (χ0) is 18.3. The third-order valence-corrected chi connectivity index (χ3v) is 5.52. The van der Waals surface area contributed by atoms with Gasteiger partial charge >= 0.3 is 0 Å². The van der Waals surface area contributed by atoms with Gasteiger partial charge in [0.2, 0.25) is 5.95 Å². The summed E-state index contributed by atoms with van der Waals surface area (Å²) < 4.78 is 2.22. The molecule has 3 aromatic rings. The van der Waals surface area contributed by atoms with E-state index in [9.17, 15) is 5.11 Å². The van der Waals surface area contributed by atoms with Crippen LogP contribution in [0, 0.1) is 0 Å². The number of imidazole rings is 1. The van der Waals surface area contributed by atoms with Gasteiger partial charge in [0.15, 0.2) is 0 Å². The van der Waals surface area contributed by atoms with E-state index in [1.54, 1.807) is 6.07 Å². The molecule has 1 aliphatic rings. The van der Waals surface area contributed by atoms with Crippen molar-refractivity contribution in [2.24, 2.45) is 0 Å². The number of aliphatic hydroxyl groups is 1. The average molecular weight is 390 g/mol. The van der Waals surface area contributed by atoms with Crippen LogP contribution in [0.2, 0.25) is 10.0 Å². The first-order valence-electron chi connectivity index (χ1n) is 9.00. The minimum absolute atomic E-state index is 0.490. The molecule has 0 bridgehead atoms. The van der Waals surface area contributed by atoms with Crippen LogP contribution < -0.4 is 4.90 Å². The summed E-state index contributed by atoms with van der Waals surface area (Å²) in [4.78, 5) is 7.06. The normalized spacial score (nSPS) is 15.8. The summed E-state index contributed by atoms with van der Waals surface area (Å²) in [7, 11) is 0. The Balaban J connectivity index is 1.93. The zero-order valence-corrected chi connectivity index (χ0v) is 16.1. The molecule has 0 aliphatic carbocycles. The van der Waals surface area contributed by atoms with Crippen molar-refractivity contribution in [2.75, 3.05) is 11.4 Å². The number of rotatable bonds is 3. The number of aryl methyl sites for hydroxylation is 1. The SMILES string of the molecule is CCC(O)c1cccc2nc3n(c12)CCCCN3c1ccc(Cl)cc1Cl. The maximum absolute atomic E-state index is 10.5. The minimum atomic E-state index is -0.490. The quantitative estimate of drug-likeness (QED) is 0.622. The lowest BCUT2D eigenvalue weighted by Gasteiger charge is -2.23. The number of fused-ring (bicyclic) bond motifs is 3. The lowest BCUT2D eigenvalue weighted by molar-refractivity contribution is 0.175. The fraction of sp³-hybridized carbons (Fsp3) is 0.350. The fourth-order valence-corrected chi connectivity index (χ4v) is 4.19. The lowest BCUT2D eigenvalue weighted by Crippen LogP contribution is -2.20. The summed E-state index contributed by atoms with van der Waals surface area (Å²) >= 11 is 12.6. The number of halogens is 2. The van der Waals surface area contributed by atoms with Crippen LogP contribution in [-0.2, 0) is 6.54 Å². The van der Waals surface area contributed by atoms with Crippen LogP contribution in [0.3, 0.4) is 0 Å². The van der Waals surface area contributed by atoms with E-state index in [2.05, 4.69) is 9.47 Å². The molecule has 1 unspecified atom stereocenters. The second kappa shape index (κ2) is 7.10. The van der Waals surface area contributed by atoms with Crippen molar-refractivity contribution < 1.29 is 5.11 Å². The summed E-state index contributed by atoms with van der Waals surface area (Å²) in [5.74, 6) is 0.873. The predicted octanol–water partition coefficient (Wildman–Crippen LogP) is 5.72. The van der Waals surface area contributed by atoms with Crippen LogP contribution in [0.4, 0.5) is 11.6 Å². The number of aromatic nitrogens is 2. The largest absolute Gasteiger partial charge is 0.388 e. The number of nitrogens with zero attached hydrogens (tertiary/aromatic N) is 3. The molecular formula is C20H21Cl2N3O. The Morgan fingerprint density at radius 1 is 1.15 bits per heavy atom. The van der Waals surface area contributed by atoms with Gasteiger partial charge in [0.1, 0.15) is 0 Å². The highest BCUT2D eigenvalue weighted by Gasteiger charge is 2.25. The van der Waals surface area contributed by atoms with Crippen molar-refractivity contribution in [3.63, 3.8) is 0 Å². The van der Waals surface area contributed by atoms with Crippen LogP contribution in [0.5, 0.6) is 0 Å². The molecule has 136 valence electrons. The molecule has 2 heterocycles. The van der Waals surface area contributed by atoms with Gasteiger partial charge in [-0.15, -0.1) is 0 Å². The summed E-state index contributed by atoms with van der Waals surface area (Å²) in [5.41, 5.74) is 3.77. The van der Waals surface area contributed by atoms with Crippen molar-refractivity contribution in [1.29, 1.82) is 0 Å². The summed E-state index contributed by atoms with van der Waals surface area (Å²) in [6.07, 6.45) is 2.28. The molecule has 4 rings (SSSR count). The number of hydrogen-bond donors (Lipinski definition) is 1. The van der Waals surface area contributed by atoms with Gasteiger partial charge in [0.25, 0.3) is 0 Å². The zero-order valence-electron chi connectivity index (χ0n) is 14.6. The van der Waals surface area contributed by atoms with E-state index in [0.717, 1.165) is 54.2 Å². The van der Waals surface area contributed by atoms with Crippen LogP contribution >= 0.6 is 23.2 Å². The molecule has 0 saturated heterocycles. The topological polar surface area (TPSA) is 41.3 Å². The Morgan fingerprint density at radius 2 is 1.96 bits per heavy atom. The van der Waals surface area contributed by atoms with Gasteiger partial charge in [-0.25, -0.2) is 4.98 Å². The number of anilines is 2. The maximum Gasteiger partial charge on any atom is 0.211 e. The Kier molecular flexibility index (Phi) is 4.82. The Morgan fingerprint density at radius 3 is 2.73 bits per heavy atom. The number of hydrogen-bond acceptors (Lipinski definition) is 3. The molecule has 1 atom stereocenters. The molecule has 0 fully saturated rings. The molecule has 1 aliphatic heterocycles. The van der Waals surface area contributed by atoms with Crippen LogP contribution in [0.25, 0.3) is 11.0 Å². The number of para-hydroxylation sites is 1. The van der Waals surface area contributed by atoms with E-state index in [1.807, 2.05) is 37.3 Å². The van der Waals surface area contributed by atoms with Gasteiger partial charge < -0.3 is 14.6 Å². The van der Waals surface area contributed by atoms with Crippen molar-refractivity contribution >= 4 is 45.9 Å². The standard InChI is InChI=1S/C20H21Cl2N3O/c1-2-18(26)14-6-5-7-16-19(14)25-11-4-3-10-24(20(25)23-16)17-9-8-13(21)12-15(17)22/h5-9,12,18,26H,2-4,10-11H2,1H3. The van der Waals surface area contributed by atoms with E-state index in [-0.39, 0.29) is 0 Å². The molecule has 0 saturated carbocycles. The van der Waals surface area contributed by atoms with Gasteiger partial charge in [-0.1, -0.05) is 42.3 Å². The summed E-state index contributed by atoms with van der Waals surface area (Å²) in [5, 5.41) is 11.7. The molecule has 6 heteroatoms. The van der Waals surface area contributed by atoms with E-state index in [4.69, 9.17) is 28.2 Å². The molecule has 2 aromatic carbocycles. The molecule has 0 radical (unpaired) electrons. The molecular weight excluding hydrogens is 369 g/mol. The fourth-order valence-electron chi connectivity index (χ4n) is 3.68. The highest BCUT2D eigenvalue weighted by molar-refractivity contribution is 6.36. The highest BCUT2D eigenvalue weighted by Crippen LogP contribution is 2.38. The molecule has 0 spiro atoms. The van der Waals surface area contributed by atoms with E-state index in [1.165, 1.54) is 0 Å². The summed E-state index contributed by atoms with van der Waals surface area (Å²) in [6, 6.07) is 11.5. The van der Waals surface area contributed by atoms with E-state index in [0.29, 0.717) is 16.5 Å². The highest BCUT2D eigenvalue weighted by atomic mass is 35.5. The molecule has 1 N–H and O–H groups in total. The minimum Gasteiger partial charge on any atom is -0.388 e. The van der Waals surface area contributed by atoms with Crippen molar-refractivity contribution in [3.05, 3.63) is 52.0 Å². The Bertz CT molecular complexity index is 954. The first kappa shape index (κ1) is 17.7. The lowest BCUT2D eigenvalue weighted by atomic mass is 10.1. The monoisotopic (exact) mass is 389 g/mol. The van der Waals surface area contributed by atoms with E-state index >= 15 is 0 Å². The predicted molar refractivity (Wildman–Crippen MR) is 108 cm³/mol. The van der Waals surface area contributed by atoms with Gasteiger partial charge in [0.05, 0.1) is 27.8 Å². The van der Waals surface area contributed by atoms with Crippen LogP contribution in [0.15, 0.2) is 36.4 Å². The average Bonchev–Trinajstić information content (AvgIpc) is 2.88. The van der Waals surface area contributed by atoms with Gasteiger partial charge in [0, 0.05) is 23.7 Å². The third-order valence-electron chi connectivity index (χ3n) is 4.98. The Labute approximate surface area is 163 Å². The first-order chi connectivity index (χ1) is 12.6. The molecule has 1 aromatic heterocycles. The second-order valence-corrected chi connectivity index (χ2v) is 7.50. The van der Waals surface area contributed by atoms with E-state index < -0.39 is 6.10 Å². The Hall–Kier alpha value is -1.75. The van der Waals surface area contributed by atoms with Gasteiger partial charge in [-0.2, -0.15) is 0 Å². The second-order valence-electron chi connectivity index (χ2n) is 6.66. The first-order valence-corrected chi connectivity index (χ1v) is 9.75. The molecule has 26 heavy (non-hydrogen) atoms. The van der Waals surface area contributed by atoms with Crippen LogP contribution in [-0.4, -0.2) is 21.2 Å². The van der Waals surface area contributed by atoms with Gasteiger partial charge in [-0.3, -0.25) is 0 Å². The van der Waals surface area contributed by atoms with Crippen LogP contribution in [0.1, 0.15) is 37.9 Å². The summed E-state index contributed by atoms with van der Waals surface area (Å²) in [6.45, 7) is 3.71. The van der Waals surface area contributed by atoms with Gasteiger partial charge in [-0.05, 0) is 43.5 Å². The molecule has 4 nitrogen and oxygen atoms in total. The number of aliphatic hydroxyl groups excluding tert-OH is 1. The third kappa shape index (κ3) is 2.96. The maximum atomic E-state index is 10.5. The smallest absolute Gasteiger partial charge is 0.211 e. The molecule has 0 amide bonds. The van der Waals surface area contributed by atoms with Crippen molar-refractivity contribution in [3.8, 4) is 0 Å².